The monoisotopic (exact) mass is 448 g/mol. The van der Waals surface area contributed by atoms with Gasteiger partial charge in [-0.15, -0.1) is 5.10 Å². The topological polar surface area (TPSA) is 106 Å². The second-order valence-electron chi connectivity index (χ2n) is 8.48. The van der Waals surface area contributed by atoms with Crippen LogP contribution in [0, 0.1) is 12.8 Å². The minimum atomic E-state index is -0.462. The second kappa shape index (κ2) is 10.3. The van der Waals surface area contributed by atoms with Crippen molar-refractivity contribution in [3.05, 3.63) is 65.5 Å². The van der Waals surface area contributed by atoms with Gasteiger partial charge in [-0.05, 0) is 79.8 Å². The zero-order chi connectivity index (χ0) is 23.2. The van der Waals surface area contributed by atoms with E-state index in [9.17, 15) is 9.59 Å². The van der Waals surface area contributed by atoms with Crippen LogP contribution in [0.5, 0.6) is 0 Å². The minimum Gasteiger partial charge on any atom is -0.469 e. The Bertz CT molecular complexity index is 1100. The predicted octanol–water partition coefficient (Wildman–Crippen LogP) is 5.21. The summed E-state index contributed by atoms with van der Waals surface area (Å²) in [5.41, 5.74) is 3.80. The lowest BCUT2D eigenvalue weighted by atomic mass is 9.77. The Balaban J connectivity index is 1.30. The van der Waals surface area contributed by atoms with E-state index in [-0.39, 0.29) is 17.9 Å². The highest BCUT2D eigenvalue weighted by molar-refractivity contribution is 6.00. The van der Waals surface area contributed by atoms with Crippen LogP contribution >= 0.6 is 0 Å². The summed E-state index contributed by atoms with van der Waals surface area (Å²) in [6, 6.07) is 15.7. The van der Waals surface area contributed by atoms with Gasteiger partial charge in [0, 0.05) is 17.8 Å². The zero-order valence-electron chi connectivity index (χ0n) is 18.8. The van der Waals surface area contributed by atoms with E-state index in [1.165, 1.54) is 12.7 Å². The van der Waals surface area contributed by atoms with Crippen LogP contribution in [-0.4, -0.2) is 29.2 Å². The molecule has 8 heteroatoms. The Labute approximate surface area is 192 Å². The maximum Gasteiger partial charge on any atom is 0.320 e. The molecule has 2 aromatic carbocycles. The fourth-order valence-corrected chi connectivity index (χ4v) is 4.25. The molecule has 1 amide bonds. The van der Waals surface area contributed by atoms with E-state index in [1.54, 1.807) is 0 Å². The summed E-state index contributed by atoms with van der Waals surface area (Å²) in [7, 11) is 1.44. The van der Waals surface area contributed by atoms with Crippen molar-refractivity contribution in [2.75, 3.05) is 17.7 Å². The molecule has 0 bridgehead atoms. The Kier molecular flexibility index (Phi) is 7.02. The van der Waals surface area contributed by atoms with Crippen LogP contribution in [0.4, 0.5) is 17.4 Å². The number of carbonyl (C=O) groups excluding carboxylic acids is 2. The average Bonchev–Trinajstić information content (AvgIpc) is 3.29. The van der Waals surface area contributed by atoms with E-state index in [0.717, 1.165) is 36.9 Å². The van der Waals surface area contributed by atoms with E-state index >= 15 is 0 Å². The molecule has 0 atom stereocenters. The number of aromatic nitrogens is 2. The van der Waals surface area contributed by atoms with Crippen molar-refractivity contribution in [1.82, 2.24) is 10.2 Å². The maximum absolute atomic E-state index is 12.5. The predicted molar refractivity (Wildman–Crippen MR) is 124 cm³/mol. The molecule has 1 aliphatic rings. The van der Waals surface area contributed by atoms with Gasteiger partial charge in [0.05, 0.1) is 7.11 Å². The van der Waals surface area contributed by atoms with Gasteiger partial charge in [0.1, 0.15) is 0 Å². The summed E-state index contributed by atoms with van der Waals surface area (Å²) in [5, 5.41) is 13.5. The van der Waals surface area contributed by atoms with Crippen molar-refractivity contribution in [1.29, 1.82) is 0 Å². The first-order valence-electron chi connectivity index (χ1n) is 11.2. The number of aryl methyl sites for hydroxylation is 1. The lowest BCUT2D eigenvalue weighted by Crippen LogP contribution is -2.17. The third-order valence-corrected chi connectivity index (χ3v) is 6.06. The number of nitrogens with zero attached hydrogens (tertiary/aromatic N) is 2. The number of nitrogens with one attached hydrogen (secondary N) is 2. The Morgan fingerprint density at radius 3 is 2.48 bits per heavy atom. The van der Waals surface area contributed by atoms with Gasteiger partial charge in [-0.2, -0.15) is 0 Å². The van der Waals surface area contributed by atoms with Crippen LogP contribution in [0.3, 0.4) is 0 Å². The number of hydrogen-bond acceptors (Lipinski definition) is 7. The van der Waals surface area contributed by atoms with Gasteiger partial charge >= 0.3 is 23.8 Å². The van der Waals surface area contributed by atoms with Gasteiger partial charge in [-0.1, -0.05) is 29.4 Å². The van der Waals surface area contributed by atoms with Crippen molar-refractivity contribution in [2.24, 2.45) is 5.92 Å². The molecule has 3 aromatic rings. The third-order valence-electron chi connectivity index (χ3n) is 6.06. The van der Waals surface area contributed by atoms with Crippen LogP contribution in [0.2, 0.25) is 0 Å². The zero-order valence-corrected chi connectivity index (χ0v) is 18.8. The highest BCUT2D eigenvalue weighted by atomic mass is 16.5. The van der Waals surface area contributed by atoms with Crippen LogP contribution in [0.25, 0.3) is 0 Å². The molecule has 4 rings (SSSR count). The summed E-state index contributed by atoms with van der Waals surface area (Å²) in [5.74, 6) is 0.175. The molecule has 172 valence electrons. The average molecular weight is 449 g/mol. The first-order valence-corrected chi connectivity index (χ1v) is 11.2. The number of rotatable bonds is 7. The second-order valence-corrected chi connectivity index (χ2v) is 8.48. The number of benzene rings is 2. The first kappa shape index (κ1) is 22.5. The molecule has 8 nitrogen and oxygen atoms in total. The quantitative estimate of drug-likeness (QED) is 0.478. The molecule has 2 N–H and O–H groups in total. The van der Waals surface area contributed by atoms with Gasteiger partial charge < -0.3 is 19.8 Å². The molecular formula is C25H28N4O4. The summed E-state index contributed by atoms with van der Waals surface area (Å²) in [6.45, 7) is 1.99. The lowest BCUT2D eigenvalue weighted by Gasteiger charge is -2.28. The van der Waals surface area contributed by atoms with Gasteiger partial charge in [0.25, 0.3) is 0 Å². The molecule has 1 aliphatic carbocycles. The summed E-state index contributed by atoms with van der Waals surface area (Å²) < 4.78 is 10.2. The van der Waals surface area contributed by atoms with Crippen molar-refractivity contribution in [3.8, 4) is 0 Å². The molecule has 1 saturated carbocycles. The fourth-order valence-electron chi connectivity index (χ4n) is 4.25. The van der Waals surface area contributed by atoms with E-state index in [1.807, 2.05) is 55.5 Å². The Morgan fingerprint density at radius 1 is 1.03 bits per heavy atom. The van der Waals surface area contributed by atoms with E-state index in [4.69, 9.17) is 9.15 Å². The van der Waals surface area contributed by atoms with Crippen molar-refractivity contribution in [2.45, 2.75) is 44.9 Å². The molecule has 1 fully saturated rings. The van der Waals surface area contributed by atoms with Gasteiger partial charge in [0.2, 0.25) is 0 Å². The number of amides is 1. The van der Waals surface area contributed by atoms with Crippen molar-refractivity contribution in [3.63, 3.8) is 0 Å². The summed E-state index contributed by atoms with van der Waals surface area (Å²) >= 11 is 0. The lowest BCUT2D eigenvalue weighted by molar-refractivity contribution is -0.142. The summed E-state index contributed by atoms with van der Waals surface area (Å²) in [6.07, 6.45) is 4.65. The maximum atomic E-state index is 12.5. The van der Waals surface area contributed by atoms with Crippen molar-refractivity contribution >= 4 is 29.3 Å². The molecule has 0 aliphatic heterocycles. The number of anilines is 3. The SMILES string of the molecule is COC(=O)CC1CCC(c2ccc(NC(=O)c3nnc(Nc4cccc(C)c4)o3)cc2)CC1. The molecule has 0 unspecified atom stereocenters. The van der Waals surface area contributed by atoms with Gasteiger partial charge in [0.15, 0.2) is 0 Å². The summed E-state index contributed by atoms with van der Waals surface area (Å²) in [4.78, 5) is 24.0. The molecule has 0 saturated heterocycles. The molecule has 33 heavy (non-hydrogen) atoms. The number of hydrogen-bond donors (Lipinski definition) is 2. The van der Waals surface area contributed by atoms with Crippen LogP contribution in [0.1, 0.15) is 59.8 Å². The van der Waals surface area contributed by atoms with E-state index in [2.05, 4.69) is 20.8 Å². The standard InChI is InChI=1S/C25H28N4O4/c1-16-4-3-5-21(14-16)27-25-29-28-24(33-25)23(31)26-20-12-10-19(11-13-20)18-8-6-17(7-9-18)15-22(30)32-2/h3-5,10-14,17-18H,6-9,15H2,1-2H3,(H,26,31)(H,27,29). The Hall–Kier alpha value is -3.68. The third kappa shape index (κ3) is 5.97. The normalized spacial score (nSPS) is 17.9. The van der Waals surface area contributed by atoms with Crippen LogP contribution < -0.4 is 10.6 Å². The molecular weight excluding hydrogens is 420 g/mol. The van der Waals surface area contributed by atoms with Crippen molar-refractivity contribution < 1.29 is 18.7 Å². The molecule has 1 aromatic heterocycles. The Morgan fingerprint density at radius 2 is 1.79 bits per heavy atom. The van der Waals surface area contributed by atoms with Crippen LogP contribution in [0.15, 0.2) is 52.9 Å². The van der Waals surface area contributed by atoms with Crippen LogP contribution in [-0.2, 0) is 9.53 Å². The number of carbonyl (C=O) groups is 2. The number of methoxy groups -OCH3 is 1. The highest BCUT2D eigenvalue weighted by Crippen LogP contribution is 2.37. The molecule has 1 heterocycles. The van der Waals surface area contributed by atoms with E-state index < -0.39 is 5.91 Å². The fraction of sp³-hybridized carbons (Fsp3) is 0.360. The minimum absolute atomic E-state index is 0.113. The van der Waals surface area contributed by atoms with Gasteiger partial charge in [-0.3, -0.25) is 9.59 Å². The molecule has 0 radical (unpaired) electrons. The number of esters is 1. The van der Waals surface area contributed by atoms with Gasteiger partial charge in [-0.25, -0.2) is 0 Å². The number of ether oxygens (including phenoxy) is 1. The first-order chi connectivity index (χ1) is 16.0. The highest BCUT2D eigenvalue weighted by Gasteiger charge is 2.24. The smallest absolute Gasteiger partial charge is 0.320 e. The largest absolute Gasteiger partial charge is 0.469 e. The molecule has 0 spiro atoms. The van der Waals surface area contributed by atoms with E-state index in [0.29, 0.717) is 23.9 Å².